The summed E-state index contributed by atoms with van der Waals surface area (Å²) in [4.78, 5) is 96.6. The lowest BCUT2D eigenvalue weighted by Gasteiger charge is -2.22. The van der Waals surface area contributed by atoms with Gasteiger partial charge in [0.2, 0.25) is 11.8 Å². The van der Waals surface area contributed by atoms with E-state index in [9.17, 15) is 38.2 Å². The third-order valence-corrected chi connectivity index (χ3v) is 20.1. The molecule has 0 spiro atoms. The van der Waals surface area contributed by atoms with E-state index < -0.39 is 49.3 Å². The maximum atomic E-state index is 14.3. The average molecular weight is 1380 g/mol. The summed E-state index contributed by atoms with van der Waals surface area (Å²) >= 11 is 0. The van der Waals surface area contributed by atoms with Gasteiger partial charge in [-0.3, -0.25) is 43.1 Å². The molecule has 502 valence electrons. The minimum Gasteiger partial charge on any atom is -0.490 e. The molecule has 1 aliphatic carbocycles. The van der Waals surface area contributed by atoms with Crippen molar-refractivity contribution < 1.29 is 61.3 Å². The van der Waals surface area contributed by atoms with E-state index in [-0.39, 0.29) is 99.0 Å². The van der Waals surface area contributed by atoms with Crippen LogP contribution in [-0.2, 0) is 37.6 Å². The van der Waals surface area contributed by atoms with Crippen molar-refractivity contribution in [3.63, 3.8) is 0 Å². The molecule has 0 bridgehead atoms. The van der Waals surface area contributed by atoms with Crippen LogP contribution in [0.4, 0.5) is 5.69 Å². The number of H-pyrrole nitrogens is 1. The Labute approximate surface area is 557 Å². The number of carbonyl (C=O) groups excluding carboxylic acids is 4. The highest BCUT2D eigenvalue weighted by atomic mass is 33.1. The van der Waals surface area contributed by atoms with Gasteiger partial charge in [-0.1, -0.05) is 100 Å². The Morgan fingerprint density at radius 3 is 2.49 bits per heavy atom. The Kier molecular flexibility index (Phi) is 28.9. The van der Waals surface area contributed by atoms with Gasteiger partial charge in [0.1, 0.15) is 59.1 Å². The number of nitrogens with zero attached hydrogens (tertiary/aromatic N) is 3. The predicted molar refractivity (Wildman–Crippen MR) is 369 cm³/mol. The normalized spacial score (nSPS) is 15.9. The summed E-state index contributed by atoms with van der Waals surface area (Å²) in [7, 11) is 4.53. The SMILES string of the molecule is CC/N=c1/cc2oc3cc(NCC)c(C)cc3c(-c3ccccc3C(=O)N(C)CCCC(=O)NCCNC(=O)c3cccc(OCC(OCCOCC(=O)NCC#Cc4cn([C@H]5CC(O[C@@H](C)SSC)[C@@H](CO[PH](=O)O)O5)c(=O)[nH]c4=O)SSC(C)(C)C)c3)c-2cc1C. The summed E-state index contributed by atoms with van der Waals surface area (Å²) in [5, 5.41) is 13.5. The predicted octanol–water partition coefficient (Wildman–Crippen LogP) is 8.94. The third kappa shape index (κ3) is 22.3. The smallest absolute Gasteiger partial charge is 0.330 e. The molecular formula is C65H83N8O15PS4. The maximum Gasteiger partial charge on any atom is 0.330 e. The second-order valence-corrected chi connectivity index (χ2v) is 29.3. The van der Waals surface area contributed by atoms with E-state index in [1.807, 2.05) is 70.3 Å². The molecule has 93 heavy (non-hydrogen) atoms. The number of ether oxygens (including phenoxy) is 5. The molecule has 3 aromatic carbocycles. The van der Waals surface area contributed by atoms with Gasteiger partial charge in [0, 0.05) is 109 Å². The van der Waals surface area contributed by atoms with Crippen molar-refractivity contribution in [2.24, 2.45) is 4.99 Å². The summed E-state index contributed by atoms with van der Waals surface area (Å²) in [5.41, 5.74) is 4.85. The third-order valence-electron chi connectivity index (χ3n) is 14.2. The van der Waals surface area contributed by atoms with Gasteiger partial charge >= 0.3 is 13.9 Å². The van der Waals surface area contributed by atoms with Gasteiger partial charge in [-0.2, -0.15) is 0 Å². The molecule has 3 heterocycles. The number of anilines is 1. The zero-order chi connectivity index (χ0) is 67.2. The maximum absolute atomic E-state index is 14.3. The van der Waals surface area contributed by atoms with Crippen molar-refractivity contribution in [1.82, 2.24) is 30.4 Å². The fourth-order valence-corrected chi connectivity index (χ4v) is 13.8. The number of nitrogens with one attached hydrogen (secondary N) is 5. The van der Waals surface area contributed by atoms with Crippen molar-refractivity contribution in [3.05, 3.63) is 133 Å². The zero-order valence-electron chi connectivity index (χ0n) is 53.9. The first-order valence-electron chi connectivity index (χ1n) is 30.5. The lowest BCUT2D eigenvalue weighted by Crippen LogP contribution is -2.35. The minimum atomic E-state index is -3.25. The van der Waals surface area contributed by atoms with Gasteiger partial charge in [-0.15, -0.1) is 0 Å². The number of aromatic nitrogens is 2. The second-order valence-electron chi connectivity index (χ2n) is 22.5. The topological polar surface area (TPSA) is 293 Å². The molecule has 28 heteroatoms. The van der Waals surface area contributed by atoms with Crippen molar-refractivity contribution >= 4 is 91.7 Å². The van der Waals surface area contributed by atoms with Crippen LogP contribution in [-0.4, -0.2) is 156 Å². The van der Waals surface area contributed by atoms with Crippen LogP contribution >= 0.6 is 51.4 Å². The highest BCUT2D eigenvalue weighted by Crippen LogP contribution is 2.44. The van der Waals surface area contributed by atoms with E-state index in [1.165, 1.54) is 43.1 Å². The van der Waals surface area contributed by atoms with E-state index in [2.05, 4.69) is 77.9 Å². The van der Waals surface area contributed by atoms with Gasteiger partial charge in [0.25, 0.3) is 17.4 Å². The number of carbonyl (C=O) groups is 4. The molecule has 3 unspecified atom stereocenters. The Morgan fingerprint density at radius 1 is 0.957 bits per heavy atom. The lowest BCUT2D eigenvalue weighted by molar-refractivity contribution is -0.126. The molecule has 1 fully saturated rings. The summed E-state index contributed by atoms with van der Waals surface area (Å²) in [5.74, 6) is 5.29. The number of aromatic amines is 1. The molecule has 1 aromatic heterocycles. The molecule has 2 aliphatic heterocycles. The molecule has 4 amide bonds. The Bertz CT molecular complexity index is 3810. The number of rotatable bonds is 33. The minimum absolute atomic E-state index is 0.0595. The van der Waals surface area contributed by atoms with Gasteiger partial charge in [-0.25, -0.2) is 4.79 Å². The fourth-order valence-electron chi connectivity index (χ4n) is 9.88. The molecule has 23 nitrogen and oxygen atoms in total. The standard InChI is InChI=1S/C65H83N8O15PS4/c1-11-66-50-33-52-48(30-40(50)3)60(49-31-41(4)51(67-12-2)34-53(49)87-52)46-21-13-14-22-47(46)63(78)72(9)27-17-23-56(74)69-25-26-70-61(76)43-18-15-20-45(32-43)84-39-59(92-93-65(6,7)8)83-29-28-82-38-57(75)68-24-16-19-44-36-73(64(79)71-62(44)77)58-35-54(86-42(5)91-90-10)55(88-58)37-85-89(80)81/h13-15,18,20-22,30-34,36,42,54-55,58-59,66,89H,11-12,17,23-29,35,37-39H2,1-10H3,(H,68,75)(H,69,74)(H,70,76)(H,80,81)(H,71,77,79)/b67-51-/t42-,54?,55-,58-,59?/m1/s1. The first-order valence-corrected chi connectivity index (χ1v) is 36.6. The molecular weight excluding hydrogens is 1290 g/mol. The summed E-state index contributed by atoms with van der Waals surface area (Å²) in [6.07, 6.45) is 1.66. The van der Waals surface area contributed by atoms with Crippen molar-refractivity contribution in [1.29, 1.82) is 0 Å². The molecule has 3 aliphatic rings. The summed E-state index contributed by atoms with van der Waals surface area (Å²) in [6, 6.07) is 22.5. The Hall–Kier alpha value is -6.54. The van der Waals surface area contributed by atoms with Crippen LogP contribution in [0.15, 0.2) is 98.0 Å². The monoisotopic (exact) mass is 1370 g/mol. The first-order chi connectivity index (χ1) is 44.5. The molecule has 7 rings (SSSR count). The van der Waals surface area contributed by atoms with Crippen LogP contribution in [0, 0.1) is 25.7 Å². The average Bonchev–Trinajstić information content (AvgIpc) is 1.20. The van der Waals surface area contributed by atoms with Gasteiger partial charge < -0.3 is 63.7 Å². The van der Waals surface area contributed by atoms with Crippen LogP contribution < -0.4 is 42.6 Å². The molecule has 6 N–H and O–H groups in total. The zero-order valence-corrected chi connectivity index (χ0v) is 58.2. The van der Waals surface area contributed by atoms with Gasteiger partial charge in [0.15, 0.2) is 0 Å². The molecule has 4 aromatic rings. The van der Waals surface area contributed by atoms with Crippen molar-refractivity contribution in [3.8, 4) is 40.0 Å². The molecule has 1 saturated heterocycles. The van der Waals surface area contributed by atoms with Crippen LogP contribution in [0.5, 0.6) is 5.75 Å². The quantitative estimate of drug-likeness (QED) is 0.00559. The van der Waals surface area contributed by atoms with Gasteiger partial charge in [0.05, 0.1) is 37.8 Å². The van der Waals surface area contributed by atoms with Gasteiger partial charge in [-0.05, 0) is 100 Å². The molecule has 0 saturated carbocycles. The number of hydrogen-bond donors (Lipinski definition) is 6. The number of benzene rings is 4. The molecule has 6 atom stereocenters. The van der Waals surface area contributed by atoms with E-state index >= 15 is 0 Å². The Balaban J connectivity index is 0.828. The van der Waals surface area contributed by atoms with E-state index in [0.29, 0.717) is 47.7 Å². The number of fused-ring (bicyclic) bond motifs is 2. The Morgan fingerprint density at radius 2 is 1.74 bits per heavy atom. The van der Waals surface area contributed by atoms with Crippen molar-refractivity contribution in [2.45, 2.75) is 109 Å². The summed E-state index contributed by atoms with van der Waals surface area (Å²) < 4.78 is 53.7. The number of amides is 4. The fraction of sp³-hybridized carbons (Fsp3) is 0.462. The largest absolute Gasteiger partial charge is 0.490 e. The van der Waals surface area contributed by atoms with Crippen LogP contribution in [0.2, 0.25) is 0 Å². The highest BCUT2D eigenvalue weighted by molar-refractivity contribution is 8.77. The van der Waals surface area contributed by atoms with E-state index in [4.69, 9.17) is 37.6 Å². The second kappa shape index (κ2) is 36.4. The number of hydrogen-bond acceptors (Lipinski definition) is 20. The highest BCUT2D eigenvalue weighted by Gasteiger charge is 2.39. The van der Waals surface area contributed by atoms with Crippen LogP contribution in [0.1, 0.15) is 104 Å². The first kappa shape index (κ1) is 73.9. The number of aryl methyl sites for hydroxylation is 2. The lowest BCUT2D eigenvalue weighted by atomic mass is 9.89. The van der Waals surface area contributed by atoms with Crippen molar-refractivity contribution in [2.75, 3.05) is 90.9 Å². The van der Waals surface area contributed by atoms with E-state index in [0.717, 1.165) is 50.8 Å². The summed E-state index contributed by atoms with van der Waals surface area (Å²) in [6.45, 7) is 17.9. The van der Waals surface area contributed by atoms with E-state index in [1.54, 1.807) is 47.0 Å². The van der Waals surface area contributed by atoms with Crippen LogP contribution in [0.25, 0.3) is 33.4 Å². The van der Waals surface area contributed by atoms with Crippen LogP contribution in [0.3, 0.4) is 0 Å². The molecule has 0 radical (unpaired) electrons.